The zero-order valence-electron chi connectivity index (χ0n) is 32.6. The van der Waals surface area contributed by atoms with Crippen LogP contribution in [0.3, 0.4) is 0 Å². The van der Waals surface area contributed by atoms with Gasteiger partial charge in [-0.25, -0.2) is 9.97 Å². The van der Waals surface area contributed by atoms with Crippen LogP contribution in [0, 0.1) is 11.8 Å². The van der Waals surface area contributed by atoms with E-state index in [1.807, 2.05) is 0 Å². The Kier molecular flexibility index (Phi) is 16.5. The molecule has 2 N–H and O–H groups in total. The topological polar surface area (TPSA) is 146 Å². The Morgan fingerprint density at radius 3 is 1.31 bits per heavy atom. The van der Waals surface area contributed by atoms with E-state index in [0.717, 1.165) is 49.5 Å². The Balaban J connectivity index is 0.000000234. The second-order valence-electron chi connectivity index (χ2n) is 13.7. The van der Waals surface area contributed by atoms with Gasteiger partial charge in [-0.2, -0.15) is 26.3 Å². The molecule has 2 aliphatic carbocycles. The smallest absolute Gasteiger partial charge is 0.422 e. The number of nitrogens with one attached hydrogen (secondary N) is 2. The van der Waals surface area contributed by atoms with E-state index in [1.165, 1.54) is 50.6 Å². The van der Waals surface area contributed by atoms with E-state index in [9.17, 15) is 35.9 Å². The van der Waals surface area contributed by atoms with E-state index in [1.54, 1.807) is 12.1 Å². The number of oxime groups is 2. The van der Waals surface area contributed by atoms with E-state index >= 15 is 0 Å². The zero-order valence-corrected chi connectivity index (χ0v) is 35.6. The lowest BCUT2D eigenvalue weighted by Gasteiger charge is -2.14. The summed E-state index contributed by atoms with van der Waals surface area (Å²) in [6.07, 6.45) is -2.89. The van der Waals surface area contributed by atoms with Crippen LogP contribution in [-0.4, -0.2) is 86.1 Å². The summed E-state index contributed by atoms with van der Waals surface area (Å²) in [6.45, 7) is -2.69. The number of amides is 2. The number of halogens is 10. The number of benzene rings is 2. The summed E-state index contributed by atoms with van der Waals surface area (Å²) in [6, 6.07) is 11.8. The molecule has 0 atom stereocenters. The highest BCUT2D eigenvalue weighted by Crippen LogP contribution is 2.37. The molecule has 0 radical (unpaired) electrons. The molecule has 0 bridgehead atoms. The summed E-state index contributed by atoms with van der Waals surface area (Å²) >= 11 is 23.9. The number of ether oxygens (including phenoxy) is 2. The highest BCUT2D eigenvalue weighted by atomic mass is 35.5. The molecule has 4 aromatic rings. The third-order valence-corrected chi connectivity index (χ3v) is 10.3. The Labute approximate surface area is 370 Å². The van der Waals surface area contributed by atoms with Crippen molar-refractivity contribution in [3.05, 3.63) is 92.1 Å². The Morgan fingerprint density at radius 2 is 1.00 bits per heavy atom. The predicted molar refractivity (Wildman–Crippen MR) is 221 cm³/mol. The number of hydrogen-bond donors (Lipinski definition) is 2. The second kappa shape index (κ2) is 21.4. The van der Waals surface area contributed by atoms with Crippen LogP contribution in [0.15, 0.2) is 71.2 Å². The molecule has 2 heterocycles. The molecular formula is C40H36Cl4F6N6O6. The third kappa shape index (κ3) is 14.5. The lowest BCUT2D eigenvalue weighted by molar-refractivity contribution is -0.154. The summed E-state index contributed by atoms with van der Waals surface area (Å²) < 4.78 is 85.5. The number of aromatic nitrogens is 2. The van der Waals surface area contributed by atoms with Crippen LogP contribution in [0.2, 0.25) is 20.1 Å². The number of carbonyl (C=O) groups is 2. The van der Waals surface area contributed by atoms with Crippen LogP contribution in [0.4, 0.5) is 26.3 Å². The Morgan fingerprint density at radius 1 is 0.629 bits per heavy atom. The monoisotopic (exact) mass is 950 g/mol. The fraction of sp³-hybridized carbons (Fsp3) is 0.350. The van der Waals surface area contributed by atoms with Crippen LogP contribution in [0.5, 0.6) is 11.8 Å². The summed E-state index contributed by atoms with van der Waals surface area (Å²) in [7, 11) is 2.86. The van der Waals surface area contributed by atoms with Crippen molar-refractivity contribution in [2.45, 2.75) is 38.0 Å². The van der Waals surface area contributed by atoms with Crippen LogP contribution < -0.4 is 20.1 Å². The van der Waals surface area contributed by atoms with Crippen molar-refractivity contribution in [1.29, 1.82) is 0 Å². The predicted octanol–water partition coefficient (Wildman–Crippen LogP) is 10.3. The van der Waals surface area contributed by atoms with Crippen LogP contribution in [0.1, 0.15) is 46.4 Å². The van der Waals surface area contributed by atoms with E-state index in [2.05, 4.69) is 30.9 Å². The lowest BCUT2D eigenvalue weighted by Crippen LogP contribution is -2.30. The second-order valence-corrected chi connectivity index (χ2v) is 15.3. The number of pyridine rings is 2. The van der Waals surface area contributed by atoms with Gasteiger partial charge in [-0.05, 0) is 73.2 Å². The average molecular weight is 953 g/mol. The number of carbonyl (C=O) groups excluding carboxylic acids is 2. The first-order valence-corrected chi connectivity index (χ1v) is 19.9. The van der Waals surface area contributed by atoms with Gasteiger partial charge < -0.3 is 29.8 Å². The average Bonchev–Trinajstić information content (AvgIpc) is 4.16. The molecule has 0 saturated heterocycles. The molecule has 62 heavy (non-hydrogen) atoms. The fourth-order valence-corrected chi connectivity index (χ4v) is 6.14. The van der Waals surface area contributed by atoms with Crippen molar-refractivity contribution in [3.8, 4) is 34.0 Å². The molecule has 22 heteroatoms. The first kappa shape index (κ1) is 48.0. The van der Waals surface area contributed by atoms with Gasteiger partial charge in [-0.1, -0.05) is 68.8 Å². The minimum Gasteiger partial charge on any atom is -0.468 e. The van der Waals surface area contributed by atoms with Crippen molar-refractivity contribution >= 4 is 69.6 Å². The molecular weight excluding hydrogens is 916 g/mol. The van der Waals surface area contributed by atoms with Crippen LogP contribution in [-0.2, 0) is 9.68 Å². The van der Waals surface area contributed by atoms with Gasteiger partial charge in [0.1, 0.15) is 14.2 Å². The van der Waals surface area contributed by atoms with Gasteiger partial charge in [0, 0.05) is 35.4 Å². The molecule has 0 unspecified atom stereocenters. The number of hydrogen-bond acceptors (Lipinski definition) is 10. The van der Waals surface area contributed by atoms with Crippen molar-refractivity contribution in [2.24, 2.45) is 22.1 Å². The fourth-order valence-electron chi connectivity index (χ4n) is 5.54. The van der Waals surface area contributed by atoms with E-state index in [0.29, 0.717) is 11.1 Å². The highest BCUT2D eigenvalue weighted by molar-refractivity contribution is 6.42. The van der Waals surface area contributed by atoms with Gasteiger partial charge >= 0.3 is 12.4 Å². The van der Waals surface area contributed by atoms with Gasteiger partial charge in [0.25, 0.3) is 11.8 Å². The van der Waals surface area contributed by atoms with Gasteiger partial charge in [0.2, 0.25) is 11.8 Å². The van der Waals surface area contributed by atoms with Gasteiger partial charge in [-0.3, -0.25) is 9.59 Å². The minimum atomic E-state index is -4.55. The van der Waals surface area contributed by atoms with E-state index in [4.69, 9.17) is 65.6 Å². The Hall–Kier alpha value is -5.04. The number of nitrogens with zero attached hydrogens (tertiary/aromatic N) is 4. The SMILES string of the molecule is CO/N=C(/CNC(=O)c1cnc(OCC(F)(F)F)c(-c2ccc(Cl)c(Cl)c2)c1)C1CC1.CO/N=C(\CNC(=O)c1cnc(OCC(F)(F)F)c(-c2ccc(Cl)c(Cl)c2)c1)C1CC1. The largest absolute Gasteiger partial charge is 0.468 e. The molecule has 2 amide bonds. The summed E-state index contributed by atoms with van der Waals surface area (Å²) in [5.74, 6) is -0.952. The molecule has 2 fully saturated rings. The van der Waals surface area contributed by atoms with Gasteiger partial charge in [-0.15, -0.1) is 0 Å². The maximum atomic E-state index is 12.6. The van der Waals surface area contributed by atoms with Crippen molar-refractivity contribution in [2.75, 3.05) is 40.5 Å². The summed E-state index contributed by atoms with van der Waals surface area (Å²) in [5, 5.41) is 14.2. The molecule has 2 saturated carbocycles. The van der Waals surface area contributed by atoms with Crippen LogP contribution in [0.25, 0.3) is 22.3 Å². The molecule has 0 aliphatic heterocycles. The molecule has 12 nitrogen and oxygen atoms in total. The first-order chi connectivity index (χ1) is 29.3. The maximum Gasteiger partial charge on any atom is 0.422 e. The standard InChI is InChI=1S/2C20H18Cl2F3N3O3/c2*1-30-28-17(11-2-3-11)9-26-18(29)13-6-14(12-4-5-15(21)16(22)7-12)19(27-8-13)31-10-20(23,24)25/h2*4-8,11H,2-3,9-10H2,1H3,(H,26,29)/b28-17+;28-17-. The molecule has 332 valence electrons. The Bertz CT molecular complexity index is 2150. The van der Waals surface area contributed by atoms with Gasteiger partial charge in [0.15, 0.2) is 13.2 Å². The normalized spacial score (nSPS) is 14.3. The van der Waals surface area contributed by atoms with Gasteiger partial charge in [0.05, 0.1) is 55.7 Å². The quantitative estimate of drug-likeness (QED) is 0.0642. The first-order valence-electron chi connectivity index (χ1n) is 18.4. The summed E-state index contributed by atoms with van der Waals surface area (Å²) in [5.41, 5.74) is 2.84. The van der Waals surface area contributed by atoms with Crippen molar-refractivity contribution in [3.63, 3.8) is 0 Å². The highest BCUT2D eigenvalue weighted by Gasteiger charge is 2.32. The molecule has 2 aliphatic rings. The van der Waals surface area contributed by atoms with E-state index < -0.39 is 37.4 Å². The number of alkyl halides is 6. The van der Waals surface area contributed by atoms with Crippen molar-refractivity contribution in [1.82, 2.24) is 20.6 Å². The molecule has 6 rings (SSSR count). The molecule has 2 aromatic carbocycles. The van der Waals surface area contributed by atoms with E-state index in [-0.39, 0.29) is 79.0 Å². The summed E-state index contributed by atoms with van der Waals surface area (Å²) in [4.78, 5) is 42.7. The maximum absolute atomic E-state index is 12.6. The van der Waals surface area contributed by atoms with Crippen LogP contribution >= 0.6 is 46.4 Å². The molecule has 2 aromatic heterocycles. The third-order valence-electron chi connectivity index (χ3n) is 8.81. The molecule has 0 spiro atoms. The van der Waals surface area contributed by atoms with Crippen molar-refractivity contribution < 1.29 is 55.1 Å². The lowest BCUT2D eigenvalue weighted by atomic mass is 10.0. The minimum absolute atomic E-state index is 0.132. The zero-order chi connectivity index (χ0) is 45.2. The number of rotatable bonds is 16.